The highest BCUT2D eigenvalue weighted by Gasteiger charge is 2.31. The number of primary amides is 1. The van der Waals surface area contributed by atoms with Crippen molar-refractivity contribution in [1.82, 2.24) is 26.6 Å². The second-order valence-electron chi connectivity index (χ2n) is 12.1. The molecule has 0 aliphatic rings. The van der Waals surface area contributed by atoms with Gasteiger partial charge in [0.15, 0.2) is 0 Å². The van der Waals surface area contributed by atoms with Crippen molar-refractivity contribution >= 4 is 35.4 Å². The summed E-state index contributed by atoms with van der Waals surface area (Å²) in [5.74, 6) is -4.91. The van der Waals surface area contributed by atoms with E-state index in [-0.39, 0.29) is 30.9 Å². The highest BCUT2D eigenvalue weighted by Crippen LogP contribution is 2.11. The highest BCUT2D eigenvalue weighted by atomic mass is 16.3. The van der Waals surface area contributed by atoms with Crippen molar-refractivity contribution in [3.05, 3.63) is 65.7 Å². The van der Waals surface area contributed by atoms with Gasteiger partial charge in [0.05, 0.1) is 25.3 Å². The highest BCUT2D eigenvalue weighted by molar-refractivity contribution is 5.95. The van der Waals surface area contributed by atoms with Crippen LogP contribution in [0.5, 0.6) is 5.75 Å². The fraction of sp³-hybridized carbons (Fsp3) is 0.455. The molecule has 16 heteroatoms. The molecule has 2 aromatic rings. The fourth-order valence-electron chi connectivity index (χ4n) is 4.68. The molecule has 49 heavy (non-hydrogen) atoms. The lowest BCUT2D eigenvalue weighted by Crippen LogP contribution is -2.59. The Labute approximate surface area is 284 Å². The number of amides is 6. The van der Waals surface area contributed by atoms with Crippen LogP contribution in [0.4, 0.5) is 0 Å². The molecule has 0 spiro atoms. The largest absolute Gasteiger partial charge is 0.508 e. The van der Waals surface area contributed by atoms with Crippen molar-refractivity contribution in [2.45, 2.75) is 76.3 Å². The van der Waals surface area contributed by atoms with Crippen LogP contribution in [0.3, 0.4) is 0 Å². The van der Waals surface area contributed by atoms with E-state index in [9.17, 15) is 44.1 Å². The quantitative estimate of drug-likeness (QED) is 0.0740. The van der Waals surface area contributed by atoms with E-state index in [1.54, 1.807) is 42.5 Å². The van der Waals surface area contributed by atoms with Gasteiger partial charge in [-0.1, -0.05) is 56.3 Å². The minimum absolute atomic E-state index is 0.00814. The molecule has 0 aliphatic heterocycles. The van der Waals surface area contributed by atoms with Crippen LogP contribution in [-0.4, -0.2) is 100 Å². The molecule has 0 radical (unpaired) electrons. The first-order valence-corrected chi connectivity index (χ1v) is 15.7. The molecule has 0 aliphatic carbocycles. The second kappa shape index (κ2) is 19.7. The Morgan fingerprint density at radius 1 is 0.714 bits per heavy atom. The van der Waals surface area contributed by atoms with Crippen molar-refractivity contribution in [1.29, 1.82) is 0 Å². The smallest absolute Gasteiger partial charge is 0.245 e. The molecule has 0 aromatic heterocycles. The van der Waals surface area contributed by atoms with Crippen LogP contribution in [-0.2, 0) is 41.6 Å². The maximum Gasteiger partial charge on any atom is 0.245 e. The zero-order valence-electron chi connectivity index (χ0n) is 27.7. The van der Waals surface area contributed by atoms with Crippen molar-refractivity contribution in [3.63, 3.8) is 0 Å². The number of aromatic hydroxyl groups is 1. The Kier molecular flexibility index (Phi) is 16.1. The molecule has 12 N–H and O–H groups in total. The Balaban J connectivity index is 2.11. The number of nitrogens with one attached hydrogen (secondary N) is 5. The third-order valence-electron chi connectivity index (χ3n) is 7.33. The minimum Gasteiger partial charge on any atom is -0.508 e. The molecule has 6 atom stereocenters. The topological polar surface area (TPSA) is 275 Å². The standard InChI is InChI=1S/C33H47N7O9/c1-18(2)13-24(31(47)39-26(17-41)29(35)45)38-32(48)25(15-20-7-5-4-6-8-20)37-27(44)16-36-33(49)28(19(3)42)40-30(46)23(34)14-21-9-11-22(43)12-10-21/h4-12,18-19,23-26,28,41-43H,13-17,34H2,1-3H3,(H2,35,45)(H,36,49)(H,37,44)(H,38,48)(H,39,47)(H,40,46)/t19?,23-,24-,25-,26-,28+/m0/s1. The van der Waals surface area contributed by atoms with Gasteiger partial charge in [-0.2, -0.15) is 0 Å². The van der Waals surface area contributed by atoms with E-state index in [1.165, 1.54) is 19.1 Å². The van der Waals surface area contributed by atoms with Gasteiger partial charge in [0.2, 0.25) is 35.4 Å². The zero-order chi connectivity index (χ0) is 36.7. The number of benzene rings is 2. The molecule has 0 saturated carbocycles. The number of hydrogen-bond acceptors (Lipinski definition) is 10. The van der Waals surface area contributed by atoms with E-state index < -0.39 is 84.9 Å². The van der Waals surface area contributed by atoms with Gasteiger partial charge in [0, 0.05) is 6.42 Å². The first-order chi connectivity index (χ1) is 23.1. The molecule has 0 bridgehead atoms. The third kappa shape index (κ3) is 13.9. The van der Waals surface area contributed by atoms with Crippen LogP contribution in [0, 0.1) is 5.92 Å². The van der Waals surface area contributed by atoms with Crippen molar-refractivity contribution in [2.24, 2.45) is 17.4 Å². The second-order valence-corrected chi connectivity index (χ2v) is 12.1. The van der Waals surface area contributed by atoms with Gasteiger partial charge in [0.1, 0.15) is 29.9 Å². The van der Waals surface area contributed by atoms with Crippen LogP contribution in [0.2, 0.25) is 0 Å². The molecule has 2 aromatic carbocycles. The molecule has 1 unspecified atom stereocenters. The van der Waals surface area contributed by atoms with Crippen molar-refractivity contribution in [2.75, 3.05) is 13.2 Å². The summed E-state index contributed by atoms with van der Waals surface area (Å²) in [5.41, 5.74) is 12.5. The first-order valence-electron chi connectivity index (χ1n) is 15.7. The molecule has 268 valence electrons. The van der Waals surface area contributed by atoms with Crippen LogP contribution < -0.4 is 38.1 Å². The molecule has 0 saturated heterocycles. The minimum atomic E-state index is -1.46. The summed E-state index contributed by atoms with van der Waals surface area (Å²) in [6.45, 7) is 3.51. The lowest BCUT2D eigenvalue weighted by molar-refractivity contribution is -0.134. The third-order valence-corrected chi connectivity index (χ3v) is 7.33. The monoisotopic (exact) mass is 685 g/mol. The van der Waals surface area contributed by atoms with Gasteiger partial charge in [-0.3, -0.25) is 28.8 Å². The van der Waals surface area contributed by atoms with Gasteiger partial charge in [-0.25, -0.2) is 0 Å². The number of carbonyl (C=O) groups excluding carboxylic acids is 6. The average Bonchev–Trinajstić information content (AvgIpc) is 3.05. The number of aliphatic hydroxyl groups is 2. The molecule has 0 fully saturated rings. The Hall–Kier alpha value is -5.06. The summed E-state index contributed by atoms with van der Waals surface area (Å²) in [7, 11) is 0. The first kappa shape index (κ1) is 40.1. The van der Waals surface area contributed by atoms with E-state index in [2.05, 4.69) is 26.6 Å². The van der Waals surface area contributed by atoms with Gasteiger partial charge >= 0.3 is 0 Å². The Morgan fingerprint density at radius 2 is 1.29 bits per heavy atom. The van der Waals surface area contributed by atoms with Gasteiger partial charge in [-0.15, -0.1) is 0 Å². The maximum atomic E-state index is 13.5. The fourth-order valence-corrected chi connectivity index (χ4v) is 4.68. The van der Waals surface area contributed by atoms with Crippen molar-refractivity contribution in [3.8, 4) is 5.75 Å². The number of phenolic OH excluding ortho intramolecular Hbond substituents is 1. The number of nitrogens with two attached hydrogens (primary N) is 2. The summed E-state index contributed by atoms with van der Waals surface area (Å²) in [4.78, 5) is 76.7. The van der Waals surface area contributed by atoms with E-state index >= 15 is 0 Å². The number of carbonyl (C=O) groups is 6. The van der Waals surface area contributed by atoms with E-state index in [4.69, 9.17) is 11.5 Å². The van der Waals surface area contributed by atoms with E-state index in [1.807, 2.05) is 13.8 Å². The maximum absolute atomic E-state index is 13.5. The number of rotatable bonds is 19. The summed E-state index contributed by atoms with van der Waals surface area (Å²) in [6, 6.07) is 8.45. The van der Waals surface area contributed by atoms with Crippen LogP contribution in [0.25, 0.3) is 0 Å². The lowest BCUT2D eigenvalue weighted by Gasteiger charge is -2.26. The number of aliphatic hydroxyl groups excluding tert-OH is 2. The van der Waals surface area contributed by atoms with Crippen molar-refractivity contribution < 1.29 is 44.1 Å². The Morgan fingerprint density at radius 3 is 1.84 bits per heavy atom. The van der Waals surface area contributed by atoms with Gasteiger partial charge in [-0.05, 0) is 48.9 Å². The number of phenols is 1. The molecule has 16 nitrogen and oxygen atoms in total. The molecular formula is C33H47N7O9. The average molecular weight is 686 g/mol. The summed E-state index contributed by atoms with van der Waals surface area (Å²) < 4.78 is 0. The number of hydrogen-bond donors (Lipinski definition) is 10. The molecule has 0 heterocycles. The zero-order valence-corrected chi connectivity index (χ0v) is 27.7. The molecule has 2 rings (SSSR count). The van der Waals surface area contributed by atoms with Gasteiger partial charge < -0.3 is 53.4 Å². The van der Waals surface area contributed by atoms with Crippen LogP contribution in [0.15, 0.2) is 54.6 Å². The van der Waals surface area contributed by atoms with Crippen LogP contribution >= 0.6 is 0 Å². The van der Waals surface area contributed by atoms with E-state index in [0.717, 1.165) is 0 Å². The predicted octanol–water partition coefficient (Wildman–Crippen LogP) is -2.54. The SMILES string of the molecule is CC(C)C[C@H](NC(=O)[C@H](Cc1ccccc1)NC(=O)CNC(=O)[C@H](NC(=O)[C@@H](N)Cc1ccc(O)cc1)C(C)O)C(=O)N[C@@H](CO)C(N)=O. The lowest BCUT2D eigenvalue weighted by atomic mass is 10.0. The summed E-state index contributed by atoms with van der Waals surface area (Å²) in [6.07, 6.45) is -1.12. The van der Waals surface area contributed by atoms with Crippen LogP contribution in [0.1, 0.15) is 38.3 Å². The van der Waals surface area contributed by atoms with E-state index in [0.29, 0.717) is 11.1 Å². The molecular weight excluding hydrogens is 638 g/mol. The van der Waals surface area contributed by atoms with Gasteiger partial charge in [0.25, 0.3) is 0 Å². The normalized spacial score (nSPS) is 14.7. The predicted molar refractivity (Wildman–Crippen MR) is 178 cm³/mol. The summed E-state index contributed by atoms with van der Waals surface area (Å²) >= 11 is 0. The Bertz CT molecular complexity index is 1420. The molecule has 6 amide bonds. The summed E-state index contributed by atoms with van der Waals surface area (Å²) in [5, 5.41) is 41.2.